The maximum Gasteiger partial charge on any atom is 0.324 e. The van der Waals surface area contributed by atoms with Crippen molar-refractivity contribution < 1.29 is 19.0 Å². The zero-order chi connectivity index (χ0) is 15.7. The molecule has 0 heterocycles. The molecule has 124 valence electrons. The molecular weight excluding hydrogens is 272 g/mol. The minimum atomic E-state index is -0.284. The molecule has 0 amide bonds. The number of carbonyl (C=O) groups excluding carboxylic acids is 1. The fourth-order valence-electron chi connectivity index (χ4n) is 2.25. The highest BCUT2D eigenvalue weighted by Crippen LogP contribution is 2.20. The highest BCUT2D eigenvalue weighted by molar-refractivity contribution is 5.76. The van der Waals surface area contributed by atoms with E-state index >= 15 is 0 Å². The van der Waals surface area contributed by atoms with E-state index < -0.39 is 0 Å². The fourth-order valence-corrected chi connectivity index (χ4v) is 2.25. The van der Waals surface area contributed by atoms with E-state index in [-0.39, 0.29) is 18.1 Å². The van der Waals surface area contributed by atoms with Gasteiger partial charge < -0.3 is 19.5 Å². The van der Waals surface area contributed by atoms with Crippen molar-refractivity contribution in [2.24, 2.45) is 0 Å². The van der Waals surface area contributed by atoms with Gasteiger partial charge in [0.05, 0.1) is 19.8 Å². The molecule has 0 aliphatic heterocycles. The SMILES string of the molecule is CCOC(=O)C(CN(CCOC)C(C)COC)NC1CC1. The molecule has 21 heavy (non-hydrogen) atoms. The van der Waals surface area contributed by atoms with Crippen LogP contribution in [0.4, 0.5) is 0 Å². The average molecular weight is 302 g/mol. The van der Waals surface area contributed by atoms with E-state index in [4.69, 9.17) is 14.2 Å². The molecule has 6 nitrogen and oxygen atoms in total. The van der Waals surface area contributed by atoms with Gasteiger partial charge in [-0.2, -0.15) is 0 Å². The van der Waals surface area contributed by atoms with E-state index in [1.54, 1.807) is 14.2 Å². The molecule has 0 saturated heterocycles. The molecule has 1 N–H and O–H groups in total. The Hall–Kier alpha value is -0.690. The molecule has 0 aromatic carbocycles. The molecule has 1 rings (SSSR count). The summed E-state index contributed by atoms with van der Waals surface area (Å²) in [6.07, 6.45) is 2.28. The first kappa shape index (κ1) is 18.4. The molecule has 2 unspecified atom stereocenters. The quantitative estimate of drug-likeness (QED) is 0.534. The summed E-state index contributed by atoms with van der Waals surface area (Å²) in [4.78, 5) is 14.3. The molecule has 0 spiro atoms. The average Bonchev–Trinajstić information content (AvgIpc) is 3.26. The number of ether oxygens (including phenoxy) is 3. The zero-order valence-corrected chi connectivity index (χ0v) is 13.8. The Morgan fingerprint density at radius 3 is 2.57 bits per heavy atom. The number of nitrogens with zero attached hydrogens (tertiary/aromatic N) is 1. The van der Waals surface area contributed by atoms with Gasteiger partial charge in [-0.3, -0.25) is 9.69 Å². The smallest absolute Gasteiger partial charge is 0.324 e. The highest BCUT2D eigenvalue weighted by Gasteiger charge is 2.31. The van der Waals surface area contributed by atoms with Crippen LogP contribution in [0.15, 0.2) is 0 Å². The summed E-state index contributed by atoms with van der Waals surface area (Å²) < 4.78 is 15.6. The van der Waals surface area contributed by atoms with Crippen LogP contribution in [0.5, 0.6) is 0 Å². The molecule has 1 aliphatic rings. The number of methoxy groups -OCH3 is 2. The molecule has 1 fully saturated rings. The van der Waals surface area contributed by atoms with Gasteiger partial charge in [-0.05, 0) is 26.7 Å². The molecule has 2 atom stereocenters. The van der Waals surface area contributed by atoms with Gasteiger partial charge in [0.1, 0.15) is 6.04 Å². The van der Waals surface area contributed by atoms with Gasteiger partial charge in [-0.15, -0.1) is 0 Å². The van der Waals surface area contributed by atoms with Gasteiger partial charge in [0.2, 0.25) is 0 Å². The van der Waals surface area contributed by atoms with Gasteiger partial charge in [0.15, 0.2) is 0 Å². The maximum absolute atomic E-state index is 12.1. The van der Waals surface area contributed by atoms with E-state index in [2.05, 4.69) is 17.1 Å². The number of nitrogens with one attached hydrogen (secondary N) is 1. The first-order valence-electron chi connectivity index (χ1n) is 7.76. The topological polar surface area (TPSA) is 60.0 Å². The maximum atomic E-state index is 12.1. The van der Waals surface area contributed by atoms with Crippen LogP contribution in [0.1, 0.15) is 26.7 Å². The van der Waals surface area contributed by atoms with Crippen molar-refractivity contribution in [2.45, 2.75) is 44.8 Å². The monoisotopic (exact) mass is 302 g/mol. The van der Waals surface area contributed by atoms with Crippen LogP contribution in [-0.2, 0) is 19.0 Å². The second kappa shape index (κ2) is 10.1. The summed E-state index contributed by atoms with van der Waals surface area (Å²) in [5.74, 6) is -0.170. The normalized spacial score (nSPS) is 17.8. The van der Waals surface area contributed by atoms with Crippen molar-refractivity contribution >= 4 is 5.97 Å². The molecule has 6 heteroatoms. The third kappa shape index (κ3) is 7.22. The van der Waals surface area contributed by atoms with Crippen molar-refractivity contribution in [3.63, 3.8) is 0 Å². The number of esters is 1. The zero-order valence-electron chi connectivity index (χ0n) is 13.8. The van der Waals surface area contributed by atoms with Crippen LogP contribution < -0.4 is 5.32 Å². The number of hydrogen-bond donors (Lipinski definition) is 1. The first-order chi connectivity index (χ1) is 10.1. The van der Waals surface area contributed by atoms with E-state index in [0.29, 0.717) is 32.4 Å². The first-order valence-corrected chi connectivity index (χ1v) is 7.76. The molecule has 0 radical (unpaired) electrons. The lowest BCUT2D eigenvalue weighted by molar-refractivity contribution is -0.146. The van der Waals surface area contributed by atoms with Gasteiger partial charge >= 0.3 is 5.97 Å². The number of carbonyl (C=O) groups is 1. The van der Waals surface area contributed by atoms with Crippen LogP contribution in [0.2, 0.25) is 0 Å². The van der Waals surface area contributed by atoms with Crippen LogP contribution in [-0.4, -0.2) is 76.1 Å². The summed E-state index contributed by atoms with van der Waals surface area (Å²) in [7, 11) is 3.38. The minimum Gasteiger partial charge on any atom is -0.465 e. The Bertz CT molecular complexity index is 297. The fraction of sp³-hybridized carbons (Fsp3) is 0.933. The molecule has 1 aliphatic carbocycles. The summed E-state index contributed by atoms with van der Waals surface area (Å²) in [6, 6.07) is 0.401. The van der Waals surface area contributed by atoms with E-state index in [1.165, 1.54) is 0 Å². The second-order valence-corrected chi connectivity index (χ2v) is 5.54. The van der Waals surface area contributed by atoms with Crippen LogP contribution in [0.25, 0.3) is 0 Å². The van der Waals surface area contributed by atoms with Gasteiger partial charge in [0.25, 0.3) is 0 Å². The molecule has 0 aromatic heterocycles. The predicted octanol–water partition coefficient (Wildman–Crippen LogP) is 0.653. The van der Waals surface area contributed by atoms with Gasteiger partial charge in [-0.25, -0.2) is 0 Å². The van der Waals surface area contributed by atoms with Crippen LogP contribution in [0.3, 0.4) is 0 Å². The Morgan fingerprint density at radius 1 is 1.33 bits per heavy atom. The lowest BCUT2D eigenvalue weighted by atomic mass is 10.2. The minimum absolute atomic E-state index is 0.170. The van der Waals surface area contributed by atoms with E-state index in [0.717, 1.165) is 19.4 Å². The lowest BCUT2D eigenvalue weighted by Gasteiger charge is -2.31. The Morgan fingerprint density at radius 2 is 2.05 bits per heavy atom. The van der Waals surface area contributed by atoms with Crippen molar-refractivity contribution in [3.05, 3.63) is 0 Å². The predicted molar refractivity (Wildman–Crippen MR) is 81.4 cm³/mol. The molecule has 1 saturated carbocycles. The number of hydrogen-bond acceptors (Lipinski definition) is 6. The Labute approximate surface area is 128 Å². The Balaban J connectivity index is 2.60. The van der Waals surface area contributed by atoms with Gasteiger partial charge in [-0.1, -0.05) is 0 Å². The summed E-state index contributed by atoms with van der Waals surface area (Å²) in [5, 5.41) is 3.38. The van der Waals surface area contributed by atoms with Gasteiger partial charge in [0, 0.05) is 39.4 Å². The van der Waals surface area contributed by atoms with Crippen molar-refractivity contribution in [1.29, 1.82) is 0 Å². The Kier molecular flexibility index (Phi) is 8.84. The standard InChI is InChI=1S/C15H30N2O4/c1-5-21-15(18)14(16-13-6-7-13)10-17(8-9-19-3)12(2)11-20-4/h12-14,16H,5-11H2,1-4H3. The summed E-state index contributed by atoms with van der Waals surface area (Å²) in [6.45, 7) is 6.98. The van der Waals surface area contributed by atoms with Crippen molar-refractivity contribution in [1.82, 2.24) is 10.2 Å². The van der Waals surface area contributed by atoms with Crippen LogP contribution >= 0.6 is 0 Å². The van der Waals surface area contributed by atoms with E-state index in [1.807, 2.05) is 6.92 Å². The van der Waals surface area contributed by atoms with E-state index in [9.17, 15) is 4.79 Å². The highest BCUT2D eigenvalue weighted by atomic mass is 16.5. The summed E-state index contributed by atoms with van der Waals surface area (Å²) >= 11 is 0. The van der Waals surface area contributed by atoms with Crippen LogP contribution in [0, 0.1) is 0 Å². The second-order valence-electron chi connectivity index (χ2n) is 5.54. The molecular formula is C15H30N2O4. The number of rotatable bonds is 12. The van der Waals surface area contributed by atoms with Crippen molar-refractivity contribution in [3.8, 4) is 0 Å². The third-order valence-corrected chi connectivity index (χ3v) is 3.62. The molecule has 0 bridgehead atoms. The largest absolute Gasteiger partial charge is 0.465 e. The molecule has 0 aromatic rings. The third-order valence-electron chi connectivity index (χ3n) is 3.62. The summed E-state index contributed by atoms with van der Waals surface area (Å²) in [5.41, 5.74) is 0. The lowest BCUT2D eigenvalue weighted by Crippen LogP contribution is -2.51. The van der Waals surface area contributed by atoms with Crippen molar-refractivity contribution in [2.75, 3.05) is 47.1 Å².